The number of para-hydroxylation sites is 2. The minimum Gasteiger partial charge on any atom is -0.467 e. The van der Waals surface area contributed by atoms with Gasteiger partial charge in [-0.25, -0.2) is 9.78 Å². The molecule has 0 spiro atoms. The fraction of sp³-hybridized carbons (Fsp3) is 0.120. The number of carbonyl (C=O) groups excluding carboxylic acids is 2. The average Bonchev–Trinajstić information content (AvgIpc) is 2.81. The van der Waals surface area contributed by atoms with E-state index in [1.54, 1.807) is 24.3 Å². The smallest absolute Gasteiger partial charge is 0.328 e. The first kappa shape index (κ1) is 20.0. The lowest BCUT2D eigenvalue weighted by molar-refractivity contribution is -0.142. The Kier molecular flexibility index (Phi) is 5.59. The third-order valence-corrected chi connectivity index (χ3v) is 5.17. The number of amides is 1. The summed E-state index contributed by atoms with van der Waals surface area (Å²) in [5.74, 6) is -0.983. The molecule has 0 aliphatic carbocycles. The number of ether oxygens (including phenoxy) is 1. The minimum absolute atomic E-state index is 0.142. The summed E-state index contributed by atoms with van der Waals surface area (Å²) in [5.41, 5.74) is 2.94. The number of hydrogen-bond acceptors (Lipinski definition) is 5. The van der Waals surface area contributed by atoms with Crippen LogP contribution in [0.3, 0.4) is 0 Å². The molecule has 1 atom stereocenters. The summed E-state index contributed by atoms with van der Waals surface area (Å²) >= 11 is 0. The van der Waals surface area contributed by atoms with Gasteiger partial charge in [0.25, 0.3) is 5.91 Å². The molecule has 0 saturated carbocycles. The van der Waals surface area contributed by atoms with Crippen molar-refractivity contribution in [2.75, 3.05) is 7.11 Å². The predicted molar refractivity (Wildman–Crippen MR) is 117 cm³/mol. The summed E-state index contributed by atoms with van der Waals surface area (Å²) in [7, 11) is 1.27. The third-order valence-electron chi connectivity index (χ3n) is 5.17. The van der Waals surface area contributed by atoms with E-state index >= 15 is 0 Å². The van der Waals surface area contributed by atoms with Gasteiger partial charge >= 0.3 is 5.97 Å². The van der Waals surface area contributed by atoms with Crippen LogP contribution in [0.25, 0.3) is 21.8 Å². The molecule has 31 heavy (non-hydrogen) atoms. The molecule has 4 rings (SSSR count). The molecule has 1 aromatic heterocycles. The van der Waals surface area contributed by atoms with Crippen molar-refractivity contribution in [2.45, 2.75) is 12.5 Å². The molecule has 1 N–H and O–H groups in total. The summed E-state index contributed by atoms with van der Waals surface area (Å²) in [6, 6.07) is 22.9. The van der Waals surface area contributed by atoms with Crippen LogP contribution in [0, 0.1) is 11.3 Å². The fourth-order valence-corrected chi connectivity index (χ4v) is 3.68. The molecule has 0 bridgehead atoms. The molecule has 0 unspecified atom stereocenters. The first-order chi connectivity index (χ1) is 15.1. The highest BCUT2D eigenvalue weighted by molar-refractivity contribution is 6.16. The summed E-state index contributed by atoms with van der Waals surface area (Å²) in [6.45, 7) is 0. The standard InChI is InChI=1S/C25H19N3O3/c1-31-25(30)22(14-16-8-2-3-9-17(16)15-26)28-24(29)23-18-10-4-6-12-20(18)27-21-13-7-5-11-19(21)23/h2-13,22H,14H2,1H3,(H,28,29)/t22-/m0/s1. The topological polar surface area (TPSA) is 92.1 Å². The summed E-state index contributed by atoms with van der Waals surface area (Å²) in [6.07, 6.45) is 0.142. The van der Waals surface area contributed by atoms with E-state index in [9.17, 15) is 14.9 Å². The highest BCUT2D eigenvalue weighted by Crippen LogP contribution is 2.26. The Balaban J connectivity index is 1.76. The monoisotopic (exact) mass is 409 g/mol. The molecular formula is C25H19N3O3. The Morgan fingerprint density at radius 1 is 0.968 bits per heavy atom. The van der Waals surface area contributed by atoms with Gasteiger partial charge in [0.15, 0.2) is 0 Å². The number of hydrogen-bond donors (Lipinski definition) is 1. The summed E-state index contributed by atoms with van der Waals surface area (Å²) in [5, 5.41) is 13.6. The zero-order chi connectivity index (χ0) is 21.8. The van der Waals surface area contributed by atoms with Gasteiger partial charge in [-0.15, -0.1) is 0 Å². The van der Waals surface area contributed by atoms with Crippen LogP contribution in [0.4, 0.5) is 0 Å². The minimum atomic E-state index is -0.947. The van der Waals surface area contributed by atoms with Crippen LogP contribution in [0.2, 0.25) is 0 Å². The lowest BCUT2D eigenvalue weighted by atomic mass is 9.99. The number of carbonyl (C=O) groups is 2. The summed E-state index contributed by atoms with van der Waals surface area (Å²) in [4.78, 5) is 30.5. The molecule has 1 heterocycles. The molecule has 4 aromatic rings. The van der Waals surface area contributed by atoms with Crippen molar-refractivity contribution < 1.29 is 14.3 Å². The number of nitriles is 1. The van der Waals surface area contributed by atoms with Crippen LogP contribution < -0.4 is 5.32 Å². The zero-order valence-corrected chi connectivity index (χ0v) is 16.8. The van der Waals surface area contributed by atoms with E-state index in [2.05, 4.69) is 16.4 Å². The lowest BCUT2D eigenvalue weighted by Crippen LogP contribution is -2.43. The van der Waals surface area contributed by atoms with E-state index in [1.165, 1.54) is 7.11 Å². The van der Waals surface area contributed by atoms with Gasteiger partial charge in [0.05, 0.1) is 35.3 Å². The van der Waals surface area contributed by atoms with E-state index in [-0.39, 0.29) is 6.42 Å². The van der Waals surface area contributed by atoms with Crippen LogP contribution in [0.5, 0.6) is 0 Å². The Bertz CT molecular complexity index is 1290. The Labute approximate surface area is 179 Å². The number of methoxy groups -OCH3 is 1. The van der Waals surface area contributed by atoms with Crippen LogP contribution in [0.1, 0.15) is 21.5 Å². The van der Waals surface area contributed by atoms with Gasteiger partial charge in [-0.05, 0) is 23.8 Å². The highest BCUT2D eigenvalue weighted by atomic mass is 16.5. The molecular weight excluding hydrogens is 390 g/mol. The second-order valence-electron chi connectivity index (χ2n) is 7.04. The molecule has 3 aromatic carbocycles. The Morgan fingerprint density at radius 3 is 2.16 bits per heavy atom. The van der Waals surface area contributed by atoms with E-state index in [0.29, 0.717) is 38.5 Å². The molecule has 0 aliphatic rings. The van der Waals surface area contributed by atoms with Gasteiger partial charge in [-0.1, -0.05) is 54.6 Å². The number of benzene rings is 3. The van der Waals surface area contributed by atoms with E-state index in [4.69, 9.17) is 4.74 Å². The predicted octanol–water partition coefficient (Wildman–Crippen LogP) is 3.77. The maximum absolute atomic E-state index is 13.4. The molecule has 0 aliphatic heterocycles. The maximum Gasteiger partial charge on any atom is 0.328 e. The van der Waals surface area contributed by atoms with E-state index in [1.807, 2.05) is 48.5 Å². The maximum atomic E-state index is 13.4. The molecule has 0 radical (unpaired) electrons. The largest absolute Gasteiger partial charge is 0.467 e. The van der Waals surface area contributed by atoms with Crippen molar-refractivity contribution in [1.29, 1.82) is 5.26 Å². The molecule has 1 amide bonds. The van der Waals surface area contributed by atoms with Crippen LogP contribution in [-0.2, 0) is 16.0 Å². The van der Waals surface area contributed by atoms with Gasteiger partial charge in [0, 0.05) is 17.2 Å². The van der Waals surface area contributed by atoms with Gasteiger partial charge in [0.1, 0.15) is 6.04 Å². The van der Waals surface area contributed by atoms with Crippen LogP contribution >= 0.6 is 0 Å². The first-order valence-corrected chi connectivity index (χ1v) is 9.76. The molecule has 0 saturated heterocycles. The fourth-order valence-electron chi connectivity index (χ4n) is 3.68. The van der Waals surface area contributed by atoms with Gasteiger partial charge in [0.2, 0.25) is 0 Å². The number of nitrogens with zero attached hydrogens (tertiary/aromatic N) is 2. The van der Waals surface area contributed by atoms with Crippen molar-refractivity contribution >= 4 is 33.7 Å². The average molecular weight is 409 g/mol. The first-order valence-electron chi connectivity index (χ1n) is 9.76. The number of pyridine rings is 1. The second-order valence-corrected chi connectivity index (χ2v) is 7.04. The quantitative estimate of drug-likeness (QED) is 0.400. The van der Waals surface area contributed by atoms with E-state index < -0.39 is 17.9 Å². The lowest BCUT2D eigenvalue weighted by Gasteiger charge is -2.18. The van der Waals surface area contributed by atoms with Gasteiger partial charge in [-0.2, -0.15) is 5.26 Å². The number of aromatic nitrogens is 1. The molecule has 0 fully saturated rings. The Hall–Kier alpha value is -4.24. The number of esters is 1. The SMILES string of the molecule is COC(=O)[C@H](Cc1ccccc1C#N)NC(=O)c1c2ccccc2nc2ccccc12. The van der Waals surface area contributed by atoms with Crippen molar-refractivity contribution in [2.24, 2.45) is 0 Å². The van der Waals surface area contributed by atoms with Crippen molar-refractivity contribution in [3.63, 3.8) is 0 Å². The number of fused-ring (bicyclic) bond motifs is 2. The second kappa shape index (κ2) is 8.64. The van der Waals surface area contributed by atoms with E-state index in [0.717, 1.165) is 0 Å². The van der Waals surface area contributed by atoms with Crippen molar-refractivity contribution in [3.8, 4) is 6.07 Å². The van der Waals surface area contributed by atoms with Gasteiger partial charge < -0.3 is 10.1 Å². The molecule has 6 nitrogen and oxygen atoms in total. The Morgan fingerprint density at radius 2 is 1.55 bits per heavy atom. The highest BCUT2D eigenvalue weighted by Gasteiger charge is 2.25. The van der Waals surface area contributed by atoms with Crippen LogP contribution in [0.15, 0.2) is 72.8 Å². The molecule has 152 valence electrons. The zero-order valence-electron chi connectivity index (χ0n) is 16.8. The van der Waals surface area contributed by atoms with Crippen molar-refractivity contribution in [1.82, 2.24) is 10.3 Å². The third kappa shape index (κ3) is 3.94. The number of rotatable bonds is 5. The van der Waals surface area contributed by atoms with Crippen LogP contribution in [-0.4, -0.2) is 30.0 Å². The van der Waals surface area contributed by atoms with Crippen molar-refractivity contribution in [3.05, 3.63) is 89.5 Å². The normalized spacial score (nSPS) is 11.6. The number of nitrogens with one attached hydrogen (secondary N) is 1. The molecule has 6 heteroatoms. The summed E-state index contributed by atoms with van der Waals surface area (Å²) < 4.78 is 4.92. The van der Waals surface area contributed by atoms with Gasteiger partial charge in [-0.3, -0.25) is 4.79 Å².